The van der Waals surface area contributed by atoms with Crippen LogP contribution >= 0.6 is 0 Å². The van der Waals surface area contributed by atoms with Crippen LogP contribution in [-0.2, 0) is 0 Å². The fourth-order valence-corrected chi connectivity index (χ4v) is 5.57. The molecule has 1 amide bonds. The number of hydrogen-bond acceptors (Lipinski definition) is 5. The van der Waals surface area contributed by atoms with Crippen molar-refractivity contribution in [1.29, 1.82) is 0 Å². The molecule has 6 rings (SSSR count). The second-order valence-corrected chi connectivity index (χ2v) is 8.18. The topological polar surface area (TPSA) is 58.6 Å². The van der Waals surface area contributed by atoms with Crippen molar-refractivity contribution in [3.63, 3.8) is 0 Å². The first kappa shape index (κ1) is 17.6. The molecule has 0 aliphatic carbocycles. The summed E-state index contributed by atoms with van der Waals surface area (Å²) in [5, 5.41) is 0. The summed E-state index contributed by atoms with van der Waals surface area (Å²) in [6.45, 7) is 4.82. The van der Waals surface area contributed by atoms with Crippen LogP contribution in [0.5, 0.6) is 5.75 Å². The van der Waals surface area contributed by atoms with E-state index in [0.717, 1.165) is 25.4 Å². The molecule has 0 N–H and O–H groups in total. The molecule has 3 atom stereocenters. The van der Waals surface area contributed by atoms with Gasteiger partial charge in [0.25, 0.3) is 5.91 Å². The highest BCUT2D eigenvalue weighted by molar-refractivity contribution is 5.94. The van der Waals surface area contributed by atoms with Crippen LogP contribution in [0.25, 0.3) is 0 Å². The van der Waals surface area contributed by atoms with E-state index < -0.39 is 0 Å². The first-order valence-corrected chi connectivity index (χ1v) is 10.1. The molecule has 4 aliphatic rings. The number of ether oxygens (including phenoxy) is 1. The van der Waals surface area contributed by atoms with Crippen molar-refractivity contribution in [1.82, 2.24) is 19.8 Å². The lowest BCUT2D eigenvalue weighted by molar-refractivity contribution is -0.00352. The number of carbonyl (C=O) groups is 1. The van der Waals surface area contributed by atoms with E-state index in [1.807, 2.05) is 19.1 Å². The Morgan fingerprint density at radius 3 is 2.54 bits per heavy atom. The quantitative estimate of drug-likeness (QED) is 0.821. The average molecular weight is 378 g/mol. The number of rotatable bonds is 3. The third-order valence-electron chi connectivity index (χ3n) is 6.82. The zero-order valence-electron chi connectivity index (χ0n) is 16.4. The average Bonchev–Trinajstić information content (AvgIpc) is 3.17. The van der Waals surface area contributed by atoms with Crippen molar-refractivity contribution < 1.29 is 9.53 Å². The van der Waals surface area contributed by atoms with Crippen LogP contribution in [0.1, 0.15) is 40.5 Å². The van der Waals surface area contributed by atoms with Gasteiger partial charge in [0.2, 0.25) is 0 Å². The largest absolute Gasteiger partial charge is 0.496 e. The lowest BCUT2D eigenvalue weighted by Crippen LogP contribution is -2.60. The van der Waals surface area contributed by atoms with Crippen LogP contribution in [0.3, 0.4) is 0 Å². The molecule has 0 radical (unpaired) electrons. The summed E-state index contributed by atoms with van der Waals surface area (Å²) in [6, 6.07) is 8.88. The van der Waals surface area contributed by atoms with Gasteiger partial charge in [0.1, 0.15) is 11.6 Å². The van der Waals surface area contributed by atoms with Crippen LogP contribution in [0, 0.1) is 12.8 Å². The number of nitrogens with zero attached hydrogens (tertiary/aromatic N) is 4. The number of amides is 1. The molecule has 4 fully saturated rings. The van der Waals surface area contributed by atoms with Gasteiger partial charge in [-0.2, -0.15) is 0 Å². The smallest absolute Gasteiger partial charge is 0.257 e. The standard InChI is InChI=1S/C22H26N4O2/c1-14-23-11-16(12-24-14)22(27)26-13-18(17-5-3-4-6-19(17)28-2)21-20(26)15-7-9-25(21)10-8-15/h3-6,11-12,15,18,20-21H,7-10,13H2,1-2H3/t18-,20-,21-/m1/s1. The van der Waals surface area contributed by atoms with Gasteiger partial charge in [-0.1, -0.05) is 18.2 Å². The number of methoxy groups -OCH3 is 1. The molecule has 0 saturated carbocycles. The normalized spacial score (nSPS) is 30.9. The van der Waals surface area contributed by atoms with Crippen molar-refractivity contribution in [3.8, 4) is 5.75 Å². The maximum Gasteiger partial charge on any atom is 0.257 e. The van der Waals surface area contributed by atoms with Crippen LogP contribution in [0.15, 0.2) is 36.7 Å². The minimum atomic E-state index is 0.0566. The predicted molar refractivity (Wildman–Crippen MR) is 105 cm³/mol. The van der Waals surface area contributed by atoms with E-state index in [4.69, 9.17) is 4.74 Å². The van der Waals surface area contributed by atoms with Crippen LogP contribution in [0.4, 0.5) is 0 Å². The molecule has 2 bridgehead atoms. The third-order valence-corrected chi connectivity index (χ3v) is 6.82. The molecule has 6 heteroatoms. The number of benzene rings is 1. The molecule has 2 aromatic rings. The van der Waals surface area contributed by atoms with Gasteiger partial charge >= 0.3 is 0 Å². The van der Waals surface area contributed by atoms with E-state index in [-0.39, 0.29) is 17.9 Å². The molecular weight excluding hydrogens is 352 g/mol. The van der Waals surface area contributed by atoms with Gasteiger partial charge in [-0.15, -0.1) is 0 Å². The highest BCUT2D eigenvalue weighted by Crippen LogP contribution is 2.48. The fourth-order valence-electron chi connectivity index (χ4n) is 5.57. The first-order chi connectivity index (χ1) is 13.7. The van der Waals surface area contributed by atoms with E-state index in [2.05, 4.69) is 31.9 Å². The Kier molecular flexibility index (Phi) is 4.31. The second-order valence-electron chi connectivity index (χ2n) is 8.18. The zero-order valence-corrected chi connectivity index (χ0v) is 16.4. The Labute approximate surface area is 165 Å². The minimum Gasteiger partial charge on any atom is -0.496 e. The molecular formula is C22H26N4O2. The molecule has 4 saturated heterocycles. The maximum absolute atomic E-state index is 13.4. The fraction of sp³-hybridized carbons (Fsp3) is 0.500. The van der Waals surface area contributed by atoms with Crippen LogP contribution in [-0.4, -0.2) is 64.5 Å². The first-order valence-electron chi connectivity index (χ1n) is 10.1. The van der Waals surface area contributed by atoms with Crippen molar-refractivity contribution in [3.05, 3.63) is 53.6 Å². The van der Waals surface area contributed by atoms with Gasteiger partial charge in [0.05, 0.1) is 18.7 Å². The molecule has 1 aromatic heterocycles. The number of para-hydroxylation sites is 1. The minimum absolute atomic E-state index is 0.0566. The maximum atomic E-state index is 13.4. The number of piperidine rings is 3. The van der Waals surface area contributed by atoms with E-state index in [9.17, 15) is 4.79 Å². The number of carbonyl (C=O) groups excluding carboxylic acids is 1. The lowest BCUT2D eigenvalue weighted by atomic mass is 9.75. The van der Waals surface area contributed by atoms with Gasteiger partial charge in [-0.3, -0.25) is 9.69 Å². The molecule has 1 aromatic carbocycles. The van der Waals surface area contributed by atoms with Gasteiger partial charge in [0, 0.05) is 36.5 Å². The van der Waals surface area contributed by atoms with Gasteiger partial charge < -0.3 is 9.64 Å². The summed E-state index contributed by atoms with van der Waals surface area (Å²) < 4.78 is 5.67. The Bertz CT molecular complexity index is 876. The second kappa shape index (κ2) is 6.85. The Balaban J connectivity index is 1.54. The molecule has 4 aliphatic heterocycles. The van der Waals surface area contributed by atoms with Crippen molar-refractivity contribution in [2.45, 2.75) is 37.8 Å². The zero-order chi connectivity index (χ0) is 19.3. The highest BCUT2D eigenvalue weighted by Gasteiger charge is 2.55. The summed E-state index contributed by atoms with van der Waals surface area (Å²) in [5.74, 6) is 2.50. The number of aromatic nitrogens is 2. The Morgan fingerprint density at radius 1 is 1.11 bits per heavy atom. The number of likely N-dealkylation sites (tertiary alicyclic amines) is 1. The van der Waals surface area contributed by atoms with Gasteiger partial charge in [-0.25, -0.2) is 9.97 Å². The van der Waals surface area contributed by atoms with Crippen LogP contribution < -0.4 is 4.74 Å². The number of aryl methyl sites for hydroxylation is 1. The Morgan fingerprint density at radius 2 is 1.82 bits per heavy atom. The SMILES string of the molecule is COc1ccccc1[C@H]1CN(C(=O)c2cnc(C)nc2)[C@@H]2C3CCN(CC3)[C@H]12. The van der Waals surface area contributed by atoms with E-state index in [1.165, 1.54) is 18.4 Å². The summed E-state index contributed by atoms with van der Waals surface area (Å²) in [4.78, 5) is 26.6. The lowest BCUT2D eigenvalue weighted by Gasteiger charge is -2.51. The van der Waals surface area contributed by atoms with Crippen molar-refractivity contribution >= 4 is 5.91 Å². The monoisotopic (exact) mass is 378 g/mol. The third kappa shape index (κ3) is 2.70. The summed E-state index contributed by atoms with van der Waals surface area (Å²) in [6.07, 6.45) is 5.68. The molecule has 0 unspecified atom stereocenters. The molecule has 6 nitrogen and oxygen atoms in total. The summed E-state index contributed by atoms with van der Waals surface area (Å²) in [7, 11) is 1.73. The number of fused-ring (bicyclic) bond motifs is 2. The number of hydrogen-bond donors (Lipinski definition) is 0. The summed E-state index contributed by atoms with van der Waals surface area (Å²) in [5.41, 5.74) is 1.80. The summed E-state index contributed by atoms with van der Waals surface area (Å²) >= 11 is 0. The Hall–Kier alpha value is -2.47. The van der Waals surface area contributed by atoms with E-state index >= 15 is 0 Å². The molecule has 28 heavy (non-hydrogen) atoms. The predicted octanol–water partition coefficient (Wildman–Crippen LogP) is 2.50. The van der Waals surface area contributed by atoms with Crippen molar-refractivity contribution in [2.24, 2.45) is 5.92 Å². The molecule has 5 heterocycles. The van der Waals surface area contributed by atoms with Gasteiger partial charge in [0.15, 0.2) is 0 Å². The van der Waals surface area contributed by atoms with E-state index in [0.29, 0.717) is 23.3 Å². The van der Waals surface area contributed by atoms with E-state index in [1.54, 1.807) is 19.5 Å². The van der Waals surface area contributed by atoms with Crippen LogP contribution in [0.2, 0.25) is 0 Å². The molecule has 0 spiro atoms. The van der Waals surface area contributed by atoms with Crippen molar-refractivity contribution in [2.75, 3.05) is 26.7 Å². The molecule has 146 valence electrons. The highest BCUT2D eigenvalue weighted by atomic mass is 16.5. The van der Waals surface area contributed by atoms with Gasteiger partial charge in [-0.05, 0) is 44.8 Å².